The summed E-state index contributed by atoms with van der Waals surface area (Å²) in [6.45, 7) is 2.23. The van der Waals surface area contributed by atoms with Crippen LogP contribution in [0.15, 0.2) is 113 Å². The number of rotatable bonds is 4. The predicted molar refractivity (Wildman–Crippen MR) is 144 cm³/mol. The fourth-order valence-corrected chi connectivity index (χ4v) is 5.59. The van der Waals surface area contributed by atoms with Crippen molar-refractivity contribution in [1.29, 1.82) is 0 Å². The van der Waals surface area contributed by atoms with Gasteiger partial charge in [0.25, 0.3) is 0 Å². The van der Waals surface area contributed by atoms with Crippen molar-refractivity contribution in [2.24, 2.45) is 0 Å². The first kappa shape index (κ1) is 21.4. The van der Waals surface area contributed by atoms with Gasteiger partial charge in [0.15, 0.2) is 0 Å². The molecule has 1 heterocycles. The van der Waals surface area contributed by atoms with Crippen molar-refractivity contribution in [1.82, 2.24) is 0 Å². The SMILES string of the molecule is CC1/C=C\C=C/Sc2c1ccc(N)c2-c1cccc(Nc2ccccc2C2C=CC=CC2)c1. The molecule has 3 heteroatoms. The van der Waals surface area contributed by atoms with Crippen LogP contribution in [0.2, 0.25) is 0 Å². The summed E-state index contributed by atoms with van der Waals surface area (Å²) in [6.07, 6.45) is 16.3. The lowest BCUT2D eigenvalue weighted by atomic mass is 9.91. The number of para-hydroxylation sites is 1. The number of hydrogen-bond acceptors (Lipinski definition) is 3. The Morgan fingerprint density at radius 2 is 1.76 bits per heavy atom. The molecule has 0 fully saturated rings. The highest BCUT2D eigenvalue weighted by Crippen LogP contribution is 2.43. The average Bonchev–Trinajstić information content (AvgIpc) is 2.83. The molecular formula is C30H28N2S. The molecule has 5 rings (SSSR count). The summed E-state index contributed by atoms with van der Waals surface area (Å²) in [7, 11) is 0. The molecule has 2 unspecified atom stereocenters. The monoisotopic (exact) mass is 448 g/mol. The molecule has 0 bridgehead atoms. The fraction of sp³-hybridized carbons (Fsp3) is 0.133. The molecule has 3 aromatic rings. The Labute approximate surface area is 200 Å². The summed E-state index contributed by atoms with van der Waals surface area (Å²) in [5, 5.41) is 5.81. The molecule has 3 aromatic carbocycles. The van der Waals surface area contributed by atoms with Crippen LogP contribution in [0.1, 0.15) is 36.3 Å². The predicted octanol–water partition coefficient (Wildman–Crippen LogP) is 8.56. The number of nitrogens with two attached hydrogens (primary N) is 1. The molecule has 1 aliphatic heterocycles. The smallest absolute Gasteiger partial charge is 0.0422 e. The molecule has 2 nitrogen and oxygen atoms in total. The van der Waals surface area contributed by atoms with Crippen molar-refractivity contribution < 1.29 is 0 Å². The van der Waals surface area contributed by atoms with Gasteiger partial charge in [-0.05, 0) is 52.8 Å². The van der Waals surface area contributed by atoms with Crippen molar-refractivity contribution in [2.45, 2.75) is 30.1 Å². The van der Waals surface area contributed by atoms with Crippen LogP contribution >= 0.6 is 11.8 Å². The molecule has 164 valence electrons. The maximum Gasteiger partial charge on any atom is 0.0422 e. The molecule has 33 heavy (non-hydrogen) atoms. The van der Waals surface area contributed by atoms with Crippen LogP contribution in [-0.4, -0.2) is 0 Å². The highest BCUT2D eigenvalue weighted by Gasteiger charge is 2.18. The maximum atomic E-state index is 6.55. The zero-order valence-corrected chi connectivity index (χ0v) is 19.6. The fourth-order valence-electron chi connectivity index (χ4n) is 4.54. The van der Waals surface area contributed by atoms with Crippen LogP contribution in [0, 0.1) is 0 Å². The van der Waals surface area contributed by atoms with E-state index in [1.165, 1.54) is 16.0 Å². The van der Waals surface area contributed by atoms with Gasteiger partial charge in [-0.25, -0.2) is 0 Å². The Morgan fingerprint density at radius 1 is 0.879 bits per heavy atom. The molecule has 0 radical (unpaired) electrons. The second-order valence-electron chi connectivity index (χ2n) is 8.52. The highest BCUT2D eigenvalue weighted by atomic mass is 32.2. The summed E-state index contributed by atoms with van der Waals surface area (Å²) in [4.78, 5) is 1.24. The van der Waals surface area contributed by atoms with Crippen LogP contribution in [0.3, 0.4) is 0 Å². The quantitative estimate of drug-likeness (QED) is 0.393. The second kappa shape index (κ2) is 9.60. The van der Waals surface area contributed by atoms with Gasteiger partial charge in [0.05, 0.1) is 0 Å². The van der Waals surface area contributed by atoms with E-state index in [-0.39, 0.29) is 0 Å². The molecule has 0 amide bonds. The molecule has 0 saturated heterocycles. The molecule has 1 aliphatic carbocycles. The lowest BCUT2D eigenvalue weighted by Gasteiger charge is -2.21. The first-order chi connectivity index (χ1) is 16.2. The average molecular weight is 449 g/mol. The molecule has 0 saturated carbocycles. The molecule has 0 aromatic heterocycles. The van der Waals surface area contributed by atoms with E-state index in [1.807, 2.05) is 6.07 Å². The van der Waals surface area contributed by atoms with Crippen molar-refractivity contribution in [3.63, 3.8) is 0 Å². The number of anilines is 3. The lowest BCUT2D eigenvalue weighted by molar-refractivity contribution is 0.856. The molecular weight excluding hydrogens is 420 g/mol. The van der Waals surface area contributed by atoms with E-state index < -0.39 is 0 Å². The molecule has 2 aliphatic rings. The van der Waals surface area contributed by atoms with Gasteiger partial charge in [0.2, 0.25) is 0 Å². The largest absolute Gasteiger partial charge is 0.398 e. The third-order valence-electron chi connectivity index (χ3n) is 6.26. The number of benzene rings is 3. The topological polar surface area (TPSA) is 38.0 Å². The minimum Gasteiger partial charge on any atom is -0.398 e. The molecule has 3 N–H and O–H groups in total. The van der Waals surface area contributed by atoms with Gasteiger partial charge in [-0.2, -0.15) is 0 Å². The number of allylic oxidation sites excluding steroid dienone is 7. The van der Waals surface area contributed by atoms with Crippen LogP contribution in [0.25, 0.3) is 11.1 Å². The number of hydrogen-bond donors (Lipinski definition) is 2. The number of thioether (sulfide) groups is 1. The Hall–Kier alpha value is -3.43. The van der Waals surface area contributed by atoms with E-state index in [1.54, 1.807) is 11.8 Å². The Kier molecular flexibility index (Phi) is 6.23. The first-order valence-corrected chi connectivity index (χ1v) is 12.3. The van der Waals surface area contributed by atoms with Crippen LogP contribution < -0.4 is 11.1 Å². The van der Waals surface area contributed by atoms with Gasteiger partial charge in [-0.15, -0.1) is 0 Å². The number of fused-ring (bicyclic) bond motifs is 1. The van der Waals surface area contributed by atoms with E-state index in [2.05, 4.69) is 115 Å². The summed E-state index contributed by atoms with van der Waals surface area (Å²) in [6, 6.07) is 21.4. The maximum absolute atomic E-state index is 6.55. The summed E-state index contributed by atoms with van der Waals surface area (Å²) in [5.74, 6) is 0.728. The van der Waals surface area contributed by atoms with Gasteiger partial charge in [0.1, 0.15) is 0 Å². The zero-order chi connectivity index (χ0) is 22.6. The van der Waals surface area contributed by atoms with Gasteiger partial charge in [0, 0.05) is 39.4 Å². The van der Waals surface area contributed by atoms with Gasteiger partial charge in [-0.1, -0.05) is 97.6 Å². The zero-order valence-electron chi connectivity index (χ0n) is 18.7. The van der Waals surface area contributed by atoms with E-state index in [0.29, 0.717) is 11.8 Å². The van der Waals surface area contributed by atoms with E-state index in [9.17, 15) is 0 Å². The minimum atomic E-state index is 0.336. The van der Waals surface area contributed by atoms with Crippen LogP contribution in [-0.2, 0) is 0 Å². The standard InChI is InChI=1S/C30H28N2S/c1-21-10-7-8-19-33-30-25(21)17-18-27(31)29(30)23-13-9-14-24(20-23)32-28-16-6-5-15-26(28)22-11-3-2-4-12-22/h2-11,13-22,32H,12,31H2,1H3/b10-7-,19-8-. The Balaban J connectivity index is 1.52. The Morgan fingerprint density at radius 3 is 2.64 bits per heavy atom. The summed E-state index contributed by atoms with van der Waals surface area (Å²) >= 11 is 1.75. The van der Waals surface area contributed by atoms with Crippen molar-refractivity contribution in [3.05, 3.63) is 120 Å². The lowest BCUT2D eigenvalue weighted by Crippen LogP contribution is -2.02. The number of nitrogen functional groups attached to an aromatic ring is 1. The van der Waals surface area contributed by atoms with Gasteiger partial charge < -0.3 is 11.1 Å². The van der Waals surface area contributed by atoms with Gasteiger partial charge in [-0.3, -0.25) is 0 Å². The Bertz CT molecular complexity index is 1280. The normalized spacial score (nSPS) is 21.0. The third-order valence-corrected chi connectivity index (χ3v) is 7.23. The van der Waals surface area contributed by atoms with Crippen molar-refractivity contribution in [3.8, 4) is 11.1 Å². The molecule has 2 atom stereocenters. The second-order valence-corrected chi connectivity index (χ2v) is 9.43. The van der Waals surface area contributed by atoms with Gasteiger partial charge >= 0.3 is 0 Å². The van der Waals surface area contributed by atoms with Crippen LogP contribution in [0.4, 0.5) is 17.1 Å². The van der Waals surface area contributed by atoms with E-state index in [0.717, 1.165) is 34.6 Å². The van der Waals surface area contributed by atoms with E-state index in [4.69, 9.17) is 5.73 Å². The highest BCUT2D eigenvalue weighted by molar-refractivity contribution is 8.02. The third kappa shape index (κ3) is 4.55. The summed E-state index contributed by atoms with van der Waals surface area (Å²) in [5.41, 5.74) is 14.4. The first-order valence-electron chi connectivity index (χ1n) is 11.4. The van der Waals surface area contributed by atoms with Crippen LogP contribution in [0.5, 0.6) is 0 Å². The van der Waals surface area contributed by atoms with E-state index >= 15 is 0 Å². The number of nitrogens with one attached hydrogen (secondary N) is 1. The van der Waals surface area contributed by atoms with Crippen molar-refractivity contribution >= 4 is 28.8 Å². The molecule has 0 spiro atoms. The summed E-state index contributed by atoms with van der Waals surface area (Å²) < 4.78 is 0. The van der Waals surface area contributed by atoms with Crippen molar-refractivity contribution in [2.75, 3.05) is 11.1 Å². The minimum absolute atomic E-state index is 0.336.